The van der Waals surface area contributed by atoms with Gasteiger partial charge in [0.2, 0.25) is 0 Å². The van der Waals surface area contributed by atoms with Crippen LogP contribution in [0.4, 0.5) is 0 Å². The summed E-state index contributed by atoms with van der Waals surface area (Å²) in [6, 6.07) is 114. The van der Waals surface area contributed by atoms with Gasteiger partial charge in [-0.25, -0.2) is 0 Å². The number of fused-ring (bicyclic) bond motifs is 10. The summed E-state index contributed by atoms with van der Waals surface area (Å²) in [6.07, 6.45) is 0. The minimum atomic E-state index is 1.23. The van der Waals surface area contributed by atoms with Crippen LogP contribution in [0.1, 0.15) is 0 Å². The van der Waals surface area contributed by atoms with Crippen molar-refractivity contribution in [2.45, 2.75) is 0 Å². The summed E-state index contributed by atoms with van der Waals surface area (Å²) in [7, 11) is 0. The molecule has 84 heavy (non-hydrogen) atoms. The van der Waals surface area contributed by atoms with Gasteiger partial charge in [0.05, 0.1) is 0 Å². The van der Waals surface area contributed by atoms with Gasteiger partial charge in [0.1, 0.15) is 0 Å². The maximum atomic E-state index is 2.43. The van der Waals surface area contributed by atoms with Crippen LogP contribution in [0.5, 0.6) is 0 Å². The standard InChI is InChI=1S/C84H50/c1-5-23-51(24-6-1)55-43-45-57(53-27-9-3-10-28-53)81-73-49-47-69(63-39-21-41-71(77(63)73)79(55)81)75-59-31-13-17-35-65(59)83(66-36-18-14-32-60(66)75)84-67-37-19-15-33-61(67)76(62-34-16-20-38-68(62)84)70-48-50-74-78-64(70)40-22-42-72(78)80-56(52-25-7-2-8-26-52)44-46-58(82(74)80)54-29-11-4-12-30-54/h1-50H. The van der Waals surface area contributed by atoms with Crippen molar-refractivity contribution in [3.8, 4) is 122 Å². The van der Waals surface area contributed by atoms with E-state index in [4.69, 9.17) is 0 Å². The van der Waals surface area contributed by atoms with Crippen LogP contribution in [0.15, 0.2) is 303 Å². The van der Waals surface area contributed by atoms with E-state index < -0.39 is 0 Å². The summed E-state index contributed by atoms with van der Waals surface area (Å²) in [5, 5.41) is 15.1. The Balaban J connectivity index is 0.876. The first-order chi connectivity index (χ1) is 41.8. The minimum absolute atomic E-state index is 1.23. The van der Waals surface area contributed by atoms with Gasteiger partial charge in [-0.2, -0.15) is 0 Å². The predicted molar refractivity (Wildman–Crippen MR) is 358 cm³/mol. The second-order valence-electron chi connectivity index (χ2n) is 22.7. The third-order valence-corrected chi connectivity index (χ3v) is 18.6. The highest BCUT2D eigenvalue weighted by Gasteiger charge is 2.32. The maximum absolute atomic E-state index is 2.43. The van der Waals surface area contributed by atoms with Crippen molar-refractivity contribution in [2.75, 3.05) is 0 Å². The van der Waals surface area contributed by atoms with Crippen LogP contribution in [0.2, 0.25) is 0 Å². The molecule has 0 radical (unpaired) electrons. The van der Waals surface area contributed by atoms with Crippen LogP contribution in [-0.2, 0) is 0 Å². The third kappa shape index (κ3) is 6.65. The van der Waals surface area contributed by atoms with Crippen molar-refractivity contribution in [3.63, 3.8) is 0 Å². The van der Waals surface area contributed by atoms with E-state index in [2.05, 4.69) is 303 Å². The van der Waals surface area contributed by atoms with Gasteiger partial charge < -0.3 is 0 Å². The molecule has 16 aromatic carbocycles. The Hall–Kier alpha value is -10.9. The minimum Gasteiger partial charge on any atom is -0.0622 e. The van der Waals surface area contributed by atoms with E-state index in [1.54, 1.807) is 0 Å². The van der Waals surface area contributed by atoms with Crippen molar-refractivity contribution in [3.05, 3.63) is 303 Å². The van der Waals surface area contributed by atoms with Gasteiger partial charge in [-0.1, -0.05) is 303 Å². The van der Waals surface area contributed by atoms with E-state index in [1.807, 2.05) is 0 Å². The molecular formula is C84H50. The van der Waals surface area contributed by atoms with E-state index >= 15 is 0 Å². The normalized spacial score (nSPS) is 12.0. The van der Waals surface area contributed by atoms with Gasteiger partial charge in [0.25, 0.3) is 0 Å². The van der Waals surface area contributed by atoms with Crippen molar-refractivity contribution in [1.29, 1.82) is 0 Å². The average Bonchev–Trinajstić information content (AvgIpc) is 1.49. The molecule has 0 aromatic heterocycles. The van der Waals surface area contributed by atoms with Gasteiger partial charge >= 0.3 is 0 Å². The molecule has 16 aromatic rings. The van der Waals surface area contributed by atoms with E-state index in [9.17, 15) is 0 Å². The Morgan fingerprint density at radius 3 is 0.583 bits per heavy atom. The average molecular weight is 1060 g/mol. The van der Waals surface area contributed by atoms with Gasteiger partial charge in [0, 0.05) is 0 Å². The highest BCUT2D eigenvalue weighted by molar-refractivity contribution is 6.34. The van der Waals surface area contributed by atoms with Crippen LogP contribution in [0, 0.1) is 0 Å². The van der Waals surface area contributed by atoms with Gasteiger partial charge in [-0.15, -0.1) is 0 Å². The first-order valence-corrected chi connectivity index (χ1v) is 29.3. The quantitative estimate of drug-likeness (QED) is 0.140. The van der Waals surface area contributed by atoms with Gasteiger partial charge in [-0.3, -0.25) is 0 Å². The summed E-state index contributed by atoms with van der Waals surface area (Å²) < 4.78 is 0. The van der Waals surface area contributed by atoms with Crippen molar-refractivity contribution >= 4 is 64.6 Å². The number of rotatable bonds is 7. The fraction of sp³-hybridized carbons (Fsp3) is 0. The lowest BCUT2D eigenvalue weighted by Crippen LogP contribution is -1.95. The van der Waals surface area contributed by atoms with E-state index in [1.165, 1.54) is 187 Å². The fourth-order valence-corrected chi connectivity index (χ4v) is 15.2. The molecule has 2 aliphatic rings. The van der Waals surface area contributed by atoms with E-state index in [-0.39, 0.29) is 0 Å². The summed E-state index contributed by atoms with van der Waals surface area (Å²) >= 11 is 0. The van der Waals surface area contributed by atoms with Crippen LogP contribution in [0.3, 0.4) is 0 Å². The van der Waals surface area contributed by atoms with Crippen LogP contribution < -0.4 is 0 Å². The first-order valence-electron chi connectivity index (χ1n) is 29.3. The summed E-state index contributed by atoms with van der Waals surface area (Å²) in [5.41, 5.74) is 27.9. The molecule has 0 amide bonds. The molecule has 18 rings (SSSR count). The maximum Gasteiger partial charge on any atom is -0.00139 e. The molecule has 0 saturated carbocycles. The lowest BCUT2D eigenvalue weighted by Gasteiger charge is -2.23. The zero-order chi connectivity index (χ0) is 55.0. The summed E-state index contributed by atoms with van der Waals surface area (Å²) in [6.45, 7) is 0. The van der Waals surface area contributed by atoms with Crippen LogP contribution in [0.25, 0.3) is 187 Å². The lowest BCUT2D eigenvalue weighted by molar-refractivity contribution is 1.59. The van der Waals surface area contributed by atoms with E-state index in [0.29, 0.717) is 0 Å². The van der Waals surface area contributed by atoms with Crippen LogP contribution >= 0.6 is 0 Å². The molecule has 0 bridgehead atoms. The Kier molecular flexibility index (Phi) is 10.2. The molecule has 0 unspecified atom stereocenters. The van der Waals surface area contributed by atoms with Crippen molar-refractivity contribution in [1.82, 2.24) is 0 Å². The smallest absolute Gasteiger partial charge is 0.00139 e. The summed E-state index contributed by atoms with van der Waals surface area (Å²) in [5.74, 6) is 0. The molecule has 0 atom stereocenters. The molecule has 2 aliphatic carbocycles. The zero-order valence-corrected chi connectivity index (χ0v) is 45.9. The highest BCUT2D eigenvalue weighted by Crippen LogP contribution is 2.60. The molecule has 0 N–H and O–H groups in total. The highest BCUT2D eigenvalue weighted by atomic mass is 14.3. The molecule has 0 aliphatic heterocycles. The van der Waals surface area contributed by atoms with Crippen LogP contribution in [-0.4, -0.2) is 0 Å². The van der Waals surface area contributed by atoms with E-state index in [0.717, 1.165) is 0 Å². The summed E-state index contributed by atoms with van der Waals surface area (Å²) in [4.78, 5) is 0. The first kappa shape index (κ1) is 46.8. The monoisotopic (exact) mass is 1060 g/mol. The molecule has 0 fully saturated rings. The van der Waals surface area contributed by atoms with Gasteiger partial charge in [-0.05, 0) is 187 Å². The van der Waals surface area contributed by atoms with Gasteiger partial charge in [0.15, 0.2) is 0 Å². The van der Waals surface area contributed by atoms with Crippen molar-refractivity contribution < 1.29 is 0 Å². The molecule has 0 heterocycles. The molecular weight excluding hydrogens is 1010 g/mol. The molecule has 0 spiro atoms. The zero-order valence-electron chi connectivity index (χ0n) is 45.9. The lowest BCUT2D eigenvalue weighted by atomic mass is 9.80. The molecule has 0 nitrogen and oxygen atoms in total. The largest absolute Gasteiger partial charge is 0.0622 e. The number of hydrogen-bond donors (Lipinski definition) is 0. The molecule has 386 valence electrons. The topological polar surface area (TPSA) is 0 Å². The SMILES string of the molecule is c1ccc(-c2ccc(-c3ccccc3)c3c2-c2cccc4c(-c5c6ccccc6c(-c6c7ccccc7c(-c7ccc8c9c(cccc79)-c7c(-c9ccccc9)ccc(-c9ccccc9)c7-8)c7ccccc67)c6ccccc56)ccc-3c24)cc1. The Labute approximate surface area is 487 Å². The van der Waals surface area contributed by atoms with Crippen molar-refractivity contribution in [2.24, 2.45) is 0 Å². The number of benzene rings is 16. The second kappa shape index (κ2) is 18.3. The Bertz CT molecular complexity index is 4840. The number of hydrogen-bond acceptors (Lipinski definition) is 0. The molecule has 0 heteroatoms. The Morgan fingerprint density at radius 1 is 0.107 bits per heavy atom. The third-order valence-electron chi connectivity index (χ3n) is 18.6. The Morgan fingerprint density at radius 2 is 0.310 bits per heavy atom. The second-order valence-corrected chi connectivity index (χ2v) is 22.7. The fourth-order valence-electron chi connectivity index (χ4n) is 15.2. The predicted octanol–water partition coefficient (Wildman–Crippen LogP) is 23.6. The molecule has 0 saturated heterocycles.